The molecule has 1 aromatic carbocycles. The van der Waals surface area contributed by atoms with Crippen LogP contribution in [0, 0.1) is 6.92 Å². The number of thiazole rings is 1. The van der Waals surface area contributed by atoms with E-state index in [0.29, 0.717) is 22.3 Å². The zero-order chi connectivity index (χ0) is 13.3. The van der Waals surface area contributed by atoms with E-state index in [9.17, 15) is 0 Å². The average molecular weight is 302 g/mol. The summed E-state index contributed by atoms with van der Waals surface area (Å²) in [6, 6.07) is 3.40. The summed E-state index contributed by atoms with van der Waals surface area (Å²) >= 11 is 14.0. The number of benzene rings is 1. The normalized spacial score (nSPS) is 10.7. The first-order chi connectivity index (χ1) is 8.47. The van der Waals surface area contributed by atoms with E-state index in [1.54, 1.807) is 23.5 Å². The van der Waals surface area contributed by atoms with Crippen LogP contribution in [0.2, 0.25) is 10.0 Å². The molecule has 1 heterocycles. The third-order valence-corrected chi connectivity index (χ3v) is 3.89. The highest BCUT2D eigenvalue weighted by Crippen LogP contribution is 2.35. The lowest BCUT2D eigenvalue weighted by atomic mass is 10.2. The molecule has 2 rings (SSSR count). The highest BCUT2D eigenvalue weighted by molar-refractivity contribution is 7.09. The highest BCUT2D eigenvalue weighted by Gasteiger charge is 2.13. The quantitative estimate of drug-likeness (QED) is 0.872. The van der Waals surface area contributed by atoms with Gasteiger partial charge in [0.2, 0.25) is 0 Å². The van der Waals surface area contributed by atoms with E-state index in [-0.39, 0.29) is 0 Å². The molecule has 0 spiro atoms. The van der Waals surface area contributed by atoms with Crippen molar-refractivity contribution in [1.82, 2.24) is 4.98 Å². The molecule has 0 fully saturated rings. The van der Waals surface area contributed by atoms with Crippen molar-refractivity contribution < 1.29 is 0 Å². The van der Waals surface area contributed by atoms with Crippen LogP contribution in [-0.2, 0) is 6.54 Å². The third-order valence-electron chi connectivity index (χ3n) is 2.49. The minimum absolute atomic E-state index is 0.550. The van der Waals surface area contributed by atoms with Gasteiger partial charge in [0.15, 0.2) is 0 Å². The summed E-state index contributed by atoms with van der Waals surface area (Å²) in [6.45, 7) is 2.64. The van der Waals surface area contributed by atoms with E-state index in [2.05, 4.69) is 4.98 Å². The Morgan fingerprint density at radius 2 is 1.94 bits per heavy atom. The zero-order valence-corrected chi connectivity index (χ0v) is 12.4. The number of halogens is 2. The van der Waals surface area contributed by atoms with Crippen molar-refractivity contribution in [3.05, 3.63) is 38.3 Å². The van der Waals surface area contributed by atoms with E-state index in [1.807, 2.05) is 24.3 Å². The molecule has 0 bridgehead atoms. The third kappa shape index (κ3) is 2.88. The topological polar surface area (TPSA) is 42.2 Å². The molecule has 3 nitrogen and oxygen atoms in total. The second-order valence-corrected chi connectivity index (χ2v) is 5.92. The molecule has 0 unspecified atom stereocenters. The first-order valence-electron chi connectivity index (χ1n) is 5.34. The van der Waals surface area contributed by atoms with Crippen LogP contribution in [0.3, 0.4) is 0 Å². The number of rotatable bonds is 3. The maximum absolute atomic E-state index is 6.18. The zero-order valence-electron chi connectivity index (χ0n) is 10.1. The van der Waals surface area contributed by atoms with Gasteiger partial charge in [0.25, 0.3) is 0 Å². The summed E-state index contributed by atoms with van der Waals surface area (Å²) in [5.74, 6) is 0. The van der Waals surface area contributed by atoms with Crippen molar-refractivity contribution in [1.29, 1.82) is 0 Å². The fourth-order valence-corrected chi connectivity index (χ4v) is 3.15. The number of hydrogen-bond acceptors (Lipinski definition) is 4. The van der Waals surface area contributed by atoms with E-state index in [0.717, 1.165) is 16.4 Å². The van der Waals surface area contributed by atoms with Gasteiger partial charge in [-0.2, -0.15) is 0 Å². The lowest BCUT2D eigenvalue weighted by Gasteiger charge is -2.21. The van der Waals surface area contributed by atoms with Gasteiger partial charge in [-0.3, -0.25) is 0 Å². The van der Waals surface area contributed by atoms with Crippen molar-refractivity contribution in [2.75, 3.05) is 17.7 Å². The molecule has 2 N–H and O–H groups in total. The Kier molecular flexibility index (Phi) is 4.00. The van der Waals surface area contributed by atoms with Gasteiger partial charge in [0.1, 0.15) is 0 Å². The number of aromatic nitrogens is 1. The van der Waals surface area contributed by atoms with Crippen LogP contribution < -0.4 is 10.6 Å². The van der Waals surface area contributed by atoms with Gasteiger partial charge < -0.3 is 10.6 Å². The molecule has 1 aromatic heterocycles. The maximum atomic E-state index is 6.18. The van der Waals surface area contributed by atoms with Crippen molar-refractivity contribution in [2.45, 2.75) is 13.5 Å². The monoisotopic (exact) mass is 301 g/mol. The molecular formula is C12H13Cl2N3S. The molecule has 0 aliphatic carbocycles. The van der Waals surface area contributed by atoms with Crippen LogP contribution in [0.15, 0.2) is 17.5 Å². The second-order valence-electron chi connectivity index (χ2n) is 4.05. The first-order valence-corrected chi connectivity index (χ1v) is 6.97. The molecule has 0 aliphatic heterocycles. The molecule has 2 aromatic rings. The number of nitrogens with two attached hydrogens (primary N) is 1. The van der Waals surface area contributed by atoms with E-state index >= 15 is 0 Å². The summed E-state index contributed by atoms with van der Waals surface area (Å²) in [6.07, 6.45) is 0. The fourth-order valence-electron chi connectivity index (χ4n) is 1.75. The van der Waals surface area contributed by atoms with Crippen LogP contribution in [0.25, 0.3) is 0 Å². The molecule has 0 atom stereocenters. The number of nitrogens with zero attached hydrogens (tertiary/aromatic N) is 2. The Balaban J connectivity index is 2.26. The van der Waals surface area contributed by atoms with Gasteiger partial charge in [-0.05, 0) is 19.1 Å². The molecule has 0 aliphatic rings. The van der Waals surface area contributed by atoms with Gasteiger partial charge in [-0.1, -0.05) is 23.2 Å². The first kappa shape index (κ1) is 13.5. The lowest BCUT2D eigenvalue weighted by molar-refractivity contribution is 0.890. The van der Waals surface area contributed by atoms with Crippen LogP contribution in [0.4, 0.5) is 11.4 Å². The highest BCUT2D eigenvalue weighted by atomic mass is 35.5. The Morgan fingerprint density at radius 1 is 1.33 bits per heavy atom. The van der Waals surface area contributed by atoms with Gasteiger partial charge in [0, 0.05) is 18.1 Å². The van der Waals surface area contributed by atoms with Gasteiger partial charge in [0.05, 0.1) is 33.0 Å². The Morgan fingerprint density at radius 3 is 2.44 bits per heavy atom. The molecule has 0 amide bonds. The van der Waals surface area contributed by atoms with E-state index in [4.69, 9.17) is 28.9 Å². The second kappa shape index (κ2) is 5.34. The molecule has 96 valence electrons. The van der Waals surface area contributed by atoms with Crippen LogP contribution >= 0.6 is 34.5 Å². The molecule has 0 radical (unpaired) electrons. The predicted molar refractivity (Wildman–Crippen MR) is 79.8 cm³/mol. The fraction of sp³-hybridized carbons (Fsp3) is 0.250. The van der Waals surface area contributed by atoms with E-state index < -0.39 is 0 Å². The minimum atomic E-state index is 0.550. The number of hydrogen-bond donors (Lipinski definition) is 1. The lowest BCUT2D eigenvalue weighted by Crippen LogP contribution is -2.17. The van der Waals surface area contributed by atoms with Crippen molar-refractivity contribution in [3.8, 4) is 0 Å². The summed E-state index contributed by atoms with van der Waals surface area (Å²) in [5.41, 5.74) is 8.03. The van der Waals surface area contributed by atoms with Gasteiger partial charge in [-0.25, -0.2) is 4.98 Å². The molecule has 0 saturated carbocycles. The SMILES string of the molecule is Cc1nc(CN(C)c2c(Cl)cc(N)cc2Cl)cs1. The number of anilines is 2. The Labute approximate surface area is 120 Å². The smallest absolute Gasteiger partial charge is 0.0898 e. The number of nitrogen functional groups attached to an aromatic ring is 1. The minimum Gasteiger partial charge on any atom is -0.399 e. The standard InChI is InChI=1S/C12H13Cl2N3S/c1-7-16-9(6-18-7)5-17(2)12-10(13)3-8(15)4-11(12)14/h3-4,6H,5,15H2,1-2H3. The molecule has 6 heteroatoms. The van der Waals surface area contributed by atoms with Gasteiger partial charge in [-0.15, -0.1) is 11.3 Å². The van der Waals surface area contributed by atoms with Gasteiger partial charge >= 0.3 is 0 Å². The average Bonchev–Trinajstić information content (AvgIpc) is 2.62. The van der Waals surface area contributed by atoms with Crippen molar-refractivity contribution >= 4 is 45.9 Å². The molecular weight excluding hydrogens is 289 g/mol. The largest absolute Gasteiger partial charge is 0.399 e. The summed E-state index contributed by atoms with van der Waals surface area (Å²) < 4.78 is 0. The summed E-state index contributed by atoms with van der Waals surface area (Å²) in [7, 11) is 1.93. The van der Waals surface area contributed by atoms with Crippen LogP contribution in [0.5, 0.6) is 0 Å². The van der Waals surface area contributed by atoms with Crippen molar-refractivity contribution in [2.24, 2.45) is 0 Å². The van der Waals surface area contributed by atoms with Crippen molar-refractivity contribution in [3.63, 3.8) is 0 Å². The summed E-state index contributed by atoms with van der Waals surface area (Å²) in [4.78, 5) is 6.39. The Hall–Kier alpha value is -0.970. The Bertz CT molecular complexity index is 545. The molecule has 0 saturated heterocycles. The van der Waals surface area contributed by atoms with E-state index in [1.165, 1.54) is 0 Å². The summed E-state index contributed by atoms with van der Waals surface area (Å²) in [5, 5.41) is 4.18. The number of aryl methyl sites for hydroxylation is 1. The van der Waals surface area contributed by atoms with Crippen LogP contribution in [-0.4, -0.2) is 12.0 Å². The van der Waals surface area contributed by atoms with Crippen LogP contribution in [0.1, 0.15) is 10.7 Å². The maximum Gasteiger partial charge on any atom is 0.0898 e. The molecule has 18 heavy (non-hydrogen) atoms. The predicted octanol–water partition coefficient (Wildman–Crippen LogP) is 3.98.